The van der Waals surface area contributed by atoms with Gasteiger partial charge in [0.25, 0.3) is 11.6 Å². The first-order chi connectivity index (χ1) is 9.38. The van der Waals surface area contributed by atoms with E-state index >= 15 is 0 Å². The van der Waals surface area contributed by atoms with Crippen LogP contribution in [0.1, 0.15) is 23.2 Å². The molecule has 0 unspecified atom stereocenters. The molecule has 108 valence electrons. The summed E-state index contributed by atoms with van der Waals surface area (Å²) in [5.41, 5.74) is -0.568. The molecule has 7 heteroatoms. The average Bonchev–Trinajstić information content (AvgIpc) is 2.35. The van der Waals surface area contributed by atoms with Gasteiger partial charge < -0.3 is 10.0 Å². The highest BCUT2D eigenvalue weighted by Gasteiger charge is 2.30. The Bertz CT molecular complexity index is 543. The van der Waals surface area contributed by atoms with Gasteiger partial charge >= 0.3 is 0 Å². The van der Waals surface area contributed by atoms with Gasteiger partial charge in [0.2, 0.25) is 0 Å². The summed E-state index contributed by atoms with van der Waals surface area (Å²) in [5, 5.41) is 19.7. The molecule has 0 atom stereocenters. The second-order valence-electron chi connectivity index (χ2n) is 5.10. The molecule has 1 saturated carbocycles. The van der Waals surface area contributed by atoms with E-state index in [0.29, 0.717) is 19.4 Å². The Hall–Kier alpha value is -2.02. The Labute approximate surface area is 115 Å². The number of benzene rings is 1. The zero-order chi connectivity index (χ0) is 14.9. The molecule has 0 aromatic heterocycles. The number of nitro benzene ring substituents is 1. The number of aliphatic hydroxyl groups excluding tert-OH is 1. The predicted molar refractivity (Wildman–Crippen MR) is 68.7 cm³/mol. The first-order valence-electron chi connectivity index (χ1n) is 6.26. The largest absolute Gasteiger partial charge is 0.393 e. The fourth-order valence-electron chi connectivity index (χ4n) is 2.32. The molecule has 1 aliphatic carbocycles. The van der Waals surface area contributed by atoms with E-state index in [1.54, 1.807) is 7.05 Å². The van der Waals surface area contributed by atoms with Gasteiger partial charge in [-0.2, -0.15) is 0 Å². The van der Waals surface area contributed by atoms with Crippen molar-refractivity contribution < 1.29 is 19.2 Å². The van der Waals surface area contributed by atoms with Gasteiger partial charge in [0, 0.05) is 19.7 Å². The standard InChI is InChI=1S/C13H15FN2O4/c1-15(7-8-4-10(17)5-8)13(18)11-3-2-9(16(19)20)6-12(11)14/h2-3,6,8,10,17H,4-5,7H2,1H3. The summed E-state index contributed by atoms with van der Waals surface area (Å²) in [5.74, 6) is -1.19. The SMILES string of the molecule is CN(CC1CC(O)C1)C(=O)c1ccc([N+](=O)[O-])cc1F. The van der Waals surface area contributed by atoms with Gasteiger partial charge in [0.15, 0.2) is 0 Å². The monoisotopic (exact) mass is 282 g/mol. The third-order valence-corrected chi connectivity index (χ3v) is 3.48. The minimum absolute atomic E-state index is 0.182. The van der Waals surface area contributed by atoms with Crippen molar-refractivity contribution in [1.29, 1.82) is 0 Å². The Balaban J connectivity index is 2.06. The van der Waals surface area contributed by atoms with Crippen molar-refractivity contribution in [2.75, 3.05) is 13.6 Å². The molecule has 2 rings (SSSR count). The highest BCUT2D eigenvalue weighted by Crippen LogP contribution is 2.28. The van der Waals surface area contributed by atoms with Gasteiger partial charge in [0.1, 0.15) is 5.82 Å². The molecule has 20 heavy (non-hydrogen) atoms. The van der Waals surface area contributed by atoms with Crippen molar-refractivity contribution in [3.63, 3.8) is 0 Å². The van der Waals surface area contributed by atoms with Crippen LogP contribution in [-0.4, -0.2) is 40.5 Å². The number of hydrogen-bond acceptors (Lipinski definition) is 4. The van der Waals surface area contributed by atoms with E-state index in [0.717, 1.165) is 18.2 Å². The molecule has 6 nitrogen and oxygen atoms in total. The van der Waals surface area contributed by atoms with Crippen LogP contribution in [0.4, 0.5) is 10.1 Å². The number of aliphatic hydroxyl groups is 1. The van der Waals surface area contributed by atoms with Crippen molar-refractivity contribution >= 4 is 11.6 Å². The van der Waals surface area contributed by atoms with Crippen molar-refractivity contribution in [3.05, 3.63) is 39.7 Å². The smallest absolute Gasteiger partial charge is 0.272 e. The maximum absolute atomic E-state index is 13.7. The number of nitro groups is 1. The topological polar surface area (TPSA) is 83.7 Å². The van der Waals surface area contributed by atoms with Crippen LogP contribution in [0.5, 0.6) is 0 Å². The Morgan fingerprint density at radius 3 is 2.70 bits per heavy atom. The molecule has 1 fully saturated rings. The summed E-state index contributed by atoms with van der Waals surface area (Å²) in [6.45, 7) is 0.437. The number of amides is 1. The van der Waals surface area contributed by atoms with E-state index in [1.165, 1.54) is 4.90 Å². The summed E-state index contributed by atoms with van der Waals surface area (Å²) in [6.07, 6.45) is 0.973. The van der Waals surface area contributed by atoms with Gasteiger partial charge in [-0.05, 0) is 24.8 Å². The van der Waals surface area contributed by atoms with E-state index < -0.39 is 16.6 Å². The van der Waals surface area contributed by atoms with Gasteiger partial charge in [-0.1, -0.05) is 0 Å². The molecule has 1 N–H and O–H groups in total. The summed E-state index contributed by atoms with van der Waals surface area (Å²) >= 11 is 0. The van der Waals surface area contributed by atoms with E-state index in [9.17, 15) is 24.4 Å². The van der Waals surface area contributed by atoms with Crippen LogP contribution in [0.3, 0.4) is 0 Å². The quantitative estimate of drug-likeness (QED) is 0.671. The lowest BCUT2D eigenvalue weighted by atomic mass is 9.82. The highest BCUT2D eigenvalue weighted by atomic mass is 19.1. The molecule has 0 spiro atoms. The lowest BCUT2D eigenvalue weighted by molar-refractivity contribution is -0.385. The minimum Gasteiger partial charge on any atom is -0.393 e. The summed E-state index contributed by atoms with van der Waals surface area (Å²) in [6, 6.07) is 2.98. The summed E-state index contributed by atoms with van der Waals surface area (Å²) in [4.78, 5) is 23.2. The molecular weight excluding hydrogens is 267 g/mol. The molecule has 0 heterocycles. The van der Waals surface area contributed by atoms with Crippen LogP contribution in [0.2, 0.25) is 0 Å². The van der Waals surface area contributed by atoms with E-state index in [1.807, 2.05) is 0 Å². The molecule has 1 aromatic rings. The number of carbonyl (C=O) groups is 1. The van der Waals surface area contributed by atoms with Crippen molar-refractivity contribution in [3.8, 4) is 0 Å². The molecule has 1 aromatic carbocycles. The maximum atomic E-state index is 13.7. The van der Waals surface area contributed by atoms with Crippen molar-refractivity contribution in [2.45, 2.75) is 18.9 Å². The van der Waals surface area contributed by atoms with E-state index in [-0.39, 0.29) is 23.3 Å². The van der Waals surface area contributed by atoms with E-state index in [2.05, 4.69) is 0 Å². The lowest BCUT2D eigenvalue weighted by Crippen LogP contribution is -2.39. The Morgan fingerprint density at radius 1 is 1.55 bits per heavy atom. The van der Waals surface area contributed by atoms with Gasteiger partial charge in [-0.15, -0.1) is 0 Å². The third-order valence-electron chi connectivity index (χ3n) is 3.48. The minimum atomic E-state index is -0.898. The summed E-state index contributed by atoms with van der Waals surface area (Å²) < 4.78 is 13.7. The molecule has 1 amide bonds. The predicted octanol–water partition coefficient (Wildman–Crippen LogP) is 1.58. The second kappa shape index (κ2) is 5.54. The van der Waals surface area contributed by atoms with E-state index in [4.69, 9.17) is 0 Å². The van der Waals surface area contributed by atoms with Crippen LogP contribution >= 0.6 is 0 Å². The first kappa shape index (κ1) is 14.4. The highest BCUT2D eigenvalue weighted by molar-refractivity contribution is 5.94. The molecule has 1 aliphatic rings. The number of nitrogens with zero attached hydrogens (tertiary/aromatic N) is 2. The number of halogens is 1. The zero-order valence-corrected chi connectivity index (χ0v) is 11.0. The number of rotatable bonds is 4. The van der Waals surface area contributed by atoms with Gasteiger partial charge in [-0.25, -0.2) is 4.39 Å². The maximum Gasteiger partial charge on any atom is 0.272 e. The van der Waals surface area contributed by atoms with Gasteiger partial charge in [0.05, 0.1) is 22.7 Å². The normalized spacial score (nSPS) is 21.1. The fraction of sp³-hybridized carbons (Fsp3) is 0.462. The zero-order valence-electron chi connectivity index (χ0n) is 11.0. The molecule has 0 radical (unpaired) electrons. The molecule has 0 saturated heterocycles. The van der Waals surface area contributed by atoms with Crippen LogP contribution in [0.15, 0.2) is 18.2 Å². The number of hydrogen-bond donors (Lipinski definition) is 1. The Kier molecular flexibility index (Phi) is 3.99. The molecule has 0 aliphatic heterocycles. The number of non-ortho nitro benzene ring substituents is 1. The van der Waals surface area contributed by atoms with Crippen LogP contribution in [-0.2, 0) is 0 Å². The lowest BCUT2D eigenvalue weighted by Gasteiger charge is -2.34. The number of carbonyl (C=O) groups excluding carboxylic acids is 1. The van der Waals surface area contributed by atoms with Crippen molar-refractivity contribution in [2.24, 2.45) is 5.92 Å². The second-order valence-corrected chi connectivity index (χ2v) is 5.10. The average molecular weight is 282 g/mol. The summed E-state index contributed by atoms with van der Waals surface area (Å²) in [7, 11) is 1.55. The van der Waals surface area contributed by atoms with Crippen LogP contribution < -0.4 is 0 Å². The third kappa shape index (κ3) is 2.93. The first-order valence-corrected chi connectivity index (χ1v) is 6.26. The van der Waals surface area contributed by atoms with Crippen LogP contribution in [0, 0.1) is 21.8 Å². The van der Waals surface area contributed by atoms with Crippen LogP contribution in [0.25, 0.3) is 0 Å². The van der Waals surface area contributed by atoms with Gasteiger partial charge in [-0.3, -0.25) is 14.9 Å². The Morgan fingerprint density at radius 2 is 2.20 bits per heavy atom. The fourth-order valence-corrected chi connectivity index (χ4v) is 2.32. The van der Waals surface area contributed by atoms with Crippen molar-refractivity contribution in [1.82, 2.24) is 4.90 Å². The molecule has 0 bridgehead atoms. The molecular formula is C13H15FN2O4.